The summed E-state index contributed by atoms with van der Waals surface area (Å²) in [5.74, 6) is 2.71. The van der Waals surface area contributed by atoms with E-state index in [4.69, 9.17) is 19.0 Å². The van der Waals surface area contributed by atoms with E-state index in [0.717, 1.165) is 58.9 Å². The molecule has 0 saturated heterocycles. The van der Waals surface area contributed by atoms with Crippen LogP contribution in [-0.2, 0) is 4.84 Å². The van der Waals surface area contributed by atoms with E-state index in [1.165, 1.54) is 0 Å². The Kier molecular flexibility index (Phi) is 10.5. The molecule has 168 valence electrons. The van der Waals surface area contributed by atoms with E-state index in [1.807, 2.05) is 62.4 Å². The summed E-state index contributed by atoms with van der Waals surface area (Å²) in [4.78, 5) is 4.80. The number of hydrogen-bond acceptors (Lipinski definition) is 5. The molecular weight excluding hydrogens is 390 g/mol. The van der Waals surface area contributed by atoms with E-state index in [0.29, 0.717) is 19.8 Å². The Balaban J connectivity index is 1.67. The Morgan fingerprint density at radius 1 is 0.871 bits per heavy atom. The smallest absolute Gasteiger partial charge is 0.125 e. The summed E-state index contributed by atoms with van der Waals surface area (Å²) >= 11 is 0. The molecule has 0 radical (unpaired) electrons. The molecule has 0 spiro atoms. The standard InChI is InChI=1S/C26H35NO4/c1-6-7-15-30-25-18-20(2)26(21(3)19-25)31-17-10-8-9-16-29-24-13-11-23(12-14-24)22(4)27-28-5/h6-7,11-14,18-19H,8-10,15-17H2,1-5H3/b7-6+,27-22?. The number of oxime groups is 1. The van der Waals surface area contributed by atoms with Crippen molar-refractivity contribution in [1.29, 1.82) is 0 Å². The minimum absolute atomic E-state index is 0.587. The second-order valence-electron chi connectivity index (χ2n) is 7.41. The number of benzene rings is 2. The monoisotopic (exact) mass is 425 g/mol. The predicted octanol–water partition coefficient (Wildman–Crippen LogP) is 6.26. The highest BCUT2D eigenvalue weighted by molar-refractivity contribution is 5.98. The average Bonchev–Trinajstić information content (AvgIpc) is 2.75. The SMILES string of the molecule is C/C=C/COc1cc(C)c(OCCCCCOc2ccc(C(C)=NOC)cc2)c(C)c1. The molecule has 0 atom stereocenters. The first-order valence-corrected chi connectivity index (χ1v) is 10.8. The molecule has 0 aliphatic rings. The Morgan fingerprint density at radius 3 is 2.13 bits per heavy atom. The van der Waals surface area contributed by atoms with Crippen LogP contribution in [0.5, 0.6) is 17.2 Å². The van der Waals surface area contributed by atoms with Gasteiger partial charge in [-0.3, -0.25) is 0 Å². The van der Waals surface area contributed by atoms with Gasteiger partial charge in [0.2, 0.25) is 0 Å². The van der Waals surface area contributed by atoms with E-state index in [1.54, 1.807) is 7.11 Å². The van der Waals surface area contributed by atoms with Crippen molar-refractivity contribution >= 4 is 5.71 Å². The van der Waals surface area contributed by atoms with Gasteiger partial charge in [-0.15, -0.1) is 0 Å². The van der Waals surface area contributed by atoms with Gasteiger partial charge in [-0.1, -0.05) is 17.3 Å². The van der Waals surface area contributed by atoms with Crippen LogP contribution in [0.25, 0.3) is 0 Å². The zero-order valence-electron chi connectivity index (χ0n) is 19.4. The molecule has 5 heteroatoms. The molecule has 2 rings (SSSR count). The highest BCUT2D eigenvalue weighted by Crippen LogP contribution is 2.28. The van der Waals surface area contributed by atoms with Crippen molar-refractivity contribution in [2.75, 3.05) is 26.9 Å². The van der Waals surface area contributed by atoms with E-state index in [-0.39, 0.29) is 0 Å². The third-order valence-electron chi connectivity index (χ3n) is 4.82. The Bertz CT molecular complexity index is 833. The molecule has 0 N–H and O–H groups in total. The van der Waals surface area contributed by atoms with Crippen molar-refractivity contribution < 1.29 is 19.0 Å². The normalized spacial score (nSPS) is 11.6. The van der Waals surface area contributed by atoms with Gasteiger partial charge < -0.3 is 19.0 Å². The number of rotatable bonds is 13. The number of aryl methyl sites for hydroxylation is 2. The largest absolute Gasteiger partial charge is 0.494 e. The zero-order valence-corrected chi connectivity index (χ0v) is 19.4. The molecule has 0 amide bonds. The molecule has 2 aromatic rings. The molecule has 0 fully saturated rings. The number of allylic oxidation sites excluding steroid dienone is 1. The number of ether oxygens (including phenoxy) is 3. The highest BCUT2D eigenvalue weighted by atomic mass is 16.6. The fourth-order valence-electron chi connectivity index (χ4n) is 3.19. The lowest BCUT2D eigenvalue weighted by molar-refractivity contribution is 0.213. The third-order valence-corrected chi connectivity index (χ3v) is 4.82. The molecule has 0 aliphatic carbocycles. The molecule has 0 aromatic heterocycles. The van der Waals surface area contributed by atoms with Crippen LogP contribution in [0.2, 0.25) is 0 Å². The minimum Gasteiger partial charge on any atom is -0.494 e. The van der Waals surface area contributed by atoms with Crippen LogP contribution < -0.4 is 14.2 Å². The van der Waals surface area contributed by atoms with E-state index >= 15 is 0 Å². The van der Waals surface area contributed by atoms with Gasteiger partial charge >= 0.3 is 0 Å². The van der Waals surface area contributed by atoms with Crippen molar-refractivity contribution in [3.63, 3.8) is 0 Å². The third kappa shape index (κ3) is 8.36. The highest BCUT2D eigenvalue weighted by Gasteiger charge is 2.07. The average molecular weight is 426 g/mol. The van der Waals surface area contributed by atoms with Crippen LogP contribution in [0.15, 0.2) is 53.7 Å². The van der Waals surface area contributed by atoms with Crippen molar-refractivity contribution in [3.8, 4) is 17.2 Å². The molecule has 0 bridgehead atoms. The van der Waals surface area contributed by atoms with Crippen molar-refractivity contribution in [3.05, 3.63) is 65.2 Å². The molecule has 5 nitrogen and oxygen atoms in total. The van der Waals surface area contributed by atoms with Gasteiger partial charge in [0.25, 0.3) is 0 Å². The first-order valence-electron chi connectivity index (χ1n) is 10.8. The summed E-state index contributed by atoms with van der Waals surface area (Å²) in [6.45, 7) is 10.0. The van der Waals surface area contributed by atoms with Crippen LogP contribution in [0.1, 0.15) is 49.8 Å². The first-order chi connectivity index (χ1) is 15.0. The Hall–Kier alpha value is -2.95. The summed E-state index contributed by atoms with van der Waals surface area (Å²) in [6.07, 6.45) is 7.02. The van der Waals surface area contributed by atoms with Crippen molar-refractivity contribution in [2.45, 2.75) is 47.0 Å². The number of unbranched alkanes of at least 4 members (excludes halogenated alkanes) is 2. The maximum Gasteiger partial charge on any atom is 0.125 e. The van der Waals surface area contributed by atoms with Crippen LogP contribution >= 0.6 is 0 Å². The van der Waals surface area contributed by atoms with Crippen LogP contribution in [0, 0.1) is 13.8 Å². The fraction of sp³-hybridized carbons (Fsp3) is 0.423. The van der Waals surface area contributed by atoms with Crippen LogP contribution in [-0.4, -0.2) is 32.6 Å². The van der Waals surface area contributed by atoms with Crippen molar-refractivity contribution in [2.24, 2.45) is 5.16 Å². The summed E-state index contributed by atoms with van der Waals surface area (Å²) in [5.41, 5.74) is 4.07. The molecule has 0 unspecified atom stereocenters. The van der Waals surface area contributed by atoms with E-state index in [9.17, 15) is 0 Å². The van der Waals surface area contributed by atoms with E-state index in [2.05, 4.69) is 19.0 Å². The molecule has 0 aliphatic heterocycles. The van der Waals surface area contributed by atoms with E-state index < -0.39 is 0 Å². The summed E-state index contributed by atoms with van der Waals surface area (Å²) in [7, 11) is 1.55. The fourth-order valence-corrected chi connectivity index (χ4v) is 3.19. The molecule has 0 heterocycles. The molecule has 0 saturated carbocycles. The topological polar surface area (TPSA) is 49.3 Å². The summed E-state index contributed by atoms with van der Waals surface area (Å²) in [6, 6.07) is 12.0. The summed E-state index contributed by atoms with van der Waals surface area (Å²) < 4.78 is 17.6. The lowest BCUT2D eigenvalue weighted by Gasteiger charge is -2.14. The lowest BCUT2D eigenvalue weighted by atomic mass is 10.1. The zero-order chi connectivity index (χ0) is 22.5. The molecule has 2 aromatic carbocycles. The maximum atomic E-state index is 6.04. The maximum absolute atomic E-state index is 6.04. The van der Waals surface area contributed by atoms with Crippen molar-refractivity contribution in [1.82, 2.24) is 0 Å². The predicted molar refractivity (Wildman–Crippen MR) is 127 cm³/mol. The van der Waals surface area contributed by atoms with Gasteiger partial charge in [-0.25, -0.2) is 0 Å². The summed E-state index contributed by atoms with van der Waals surface area (Å²) in [5, 5.41) is 3.94. The first kappa shape index (κ1) is 24.3. The minimum atomic E-state index is 0.587. The van der Waals surface area contributed by atoms with Crippen LogP contribution in [0.3, 0.4) is 0 Å². The van der Waals surface area contributed by atoms with Gasteiger partial charge in [-0.05, 0) is 100 Å². The molecule has 31 heavy (non-hydrogen) atoms. The Morgan fingerprint density at radius 2 is 1.52 bits per heavy atom. The van der Waals surface area contributed by atoms with Crippen LogP contribution in [0.4, 0.5) is 0 Å². The quantitative estimate of drug-likeness (QED) is 0.165. The molecular formula is C26H35NO4. The van der Waals surface area contributed by atoms with Gasteiger partial charge in [0.05, 0.1) is 18.9 Å². The van der Waals surface area contributed by atoms with Gasteiger partial charge in [-0.2, -0.15) is 0 Å². The second kappa shape index (κ2) is 13.4. The lowest BCUT2D eigenvalue weighted by Crippen LogP contribution is -2.03. The number of hydrogen-bond donors (Lipinski definition) is 0. The van der Waals surface area contributed by atoms with Gasteiger partial charge in [0, 0.05) is 0 Å². The second-order valence-corrected chi connectivity index (χ2v) is 7.41. The van der Waals surface area contributed by atoms with Gasteiger partial charge in [0.1, 0.15) is 31.0 Å². The van der Waals surface area contributed by atoms with Gasteiger partial charge in [0.15, 0.2) is 0 Å². The Labute approximate surface area is 186 Å². The number of nitrogens with zero attached hydrogens (tertiary/aromatic N) is 1.